The average molecular weight is 539 g/mol. The molecule has 198 valence electrons. The van der Waals surface area contributed by atoms with Crippen LogP contribution in [0.5, 0.6) is 0 Å². The average Bonchev–Trinajstić information content (AvgIpc) is 3.48. The Morgan fingerprint density at radius 3 is 2.61 bits per heavy atom. The first-order valence-corrected chi connectivity index (χ1v) is 13.2. The smallest absolute Gasteiger partial charge is 0.341 e. The Kier molecular flexibility index (Phi) is 6.77. The summed E-state index contributed by atoms with van der Waals surface area (Å²) in [6.45, 7) is 6.61. The summed E-state index contributed by atoms with van der Waals surface area (Å²) in [6, 6.07) is 10.2. The van der Waals surface area contributed by atoms with Crippen LogP contribution in [0.2, 0.25) is 0 Å². The van der Waals surface area contributed by atoms with Crippen molar-refractivity contribution in [2.75, 3.05) is 12.4 Å². The maximum atomic E-state index is 13.9. The number of carbonyl (C=O) groups is 2. The minimum absolute atomic E-state index is 0.00730. The van der Waals surface area contributed by atoms with Gasteiger partial charge in [0, 0.05) is 10.4 Å². The standard InChI is InChI=1S/C28H28F2N4O3S/c1-28(2,3)16-10-11-17-21(12-16)38-26(22(17)27(36)37-4)33-25(35)18-14-31-34-20(23(29)30)13-19(32-24(18)34)15-8-6-5-7-9-15/h5-9,13-14,16,23H,10-12H2,1-4H3,(H,33,35)/t16-/m1/s1. The van der Waals surface area contributed by atoms with E-state index >= 15 is 0 Å². The summed E-state index contributed by atoms with van der Waals surface area (Å²) in [7, 11) is 1.31. The molecule has 1 amide bonds. The van der Waals surface area contributed by atoms with Gasteiger partial charge in [0.2, 0.25) is 0 Å². The van der Waals surface area contributed by atoms with Gasteiger partial charge in [-0.1, -0.05) is 51.1 Å². The molecule has 0 saturated heterocycles. The molecular weight excluding hydrogens is 510 g/mol. The number of alkyl halides is 2. The van der Waals surface area contributed by atoms with Gasteiger partial charge in [-0.3, -0.25) is 4.79 Å². The number of hydrogen-bond acceptors (Lipinski definition) is 6. The Morgan fingerprint density at radius 2 is 1.95 bits per heavy atom. The zero-order valence-electron chi connectivity index (χ0n) is 21.5. The largest absolute Gasteiger partial charge is 0.465 e. The van der Waals surface area contributed by atoms with Gasteiger partial charge in [-0.2, -0.15) is 5.10 Å². The first-order valence-electron chi connectivity index (χ1n) is 12.3. The number of methoxy groups -OCH3 is 1. The van der Waals surface area contributed by atoms with Crippen LogP contribution < -0.4 is 5.32 Å². The van der Waals surface area contributed by atoms with Crippen LogP contribution in [0.15, 0.2) is 42.6 Å². The summed E-state index contributed by atoms with van der Waals surface area (Å²) in [5, 5.41) is 7.26. The summed E-state index contributed by atoms with van der Waals surface area (Å²) in [4.78, 5) is 31.8. The molecule has 1 N–H and O–H groups in total. The van der Waals surface area contributed by atoms with Crippen LogP contribution in [0, 0.1) is 11.3 Å². The number of esters is 1. The molecule has 4 aromatic rings. The van der Waals surface area contributed by atoms with Gasteiger partial charge in [0.1, 0.15) is 16.3 Å². The summed E-state index contributed by atoms with van der Waals surface area (Å²) in [6.07, 6.45) is 0.842. The number of carbonyl (C=O) groups excluding carboxylic acids is 2. The lowest BCUT2D eigenvalue weighted by Gasteiger charge is -2.33. The van der Waals surface area contributed by atoms with Gasteiger partial charge in [0.25, 0.3) is 12.3 Å². The first kappa shape index (κ1) is 26.0. The molecule has 3 aromatic heterocycles. The van der Waals surface area contributed by atoms with Crippen molar-refractivity contribution in [2.45, 2.75) is 46.5 Å². The van der Waals surface area contributed by atoms with Crippen LogP contribution in [0.3, 0.4) is 0 Å². The normalized spacial score (nSPS) is 15.5. The number of nitrogens with zero attached hydrogens (tertiary/aromatic N) is 3. The highest BCUT2D eigenvalue weighted by molar-refractivity contribution is 7.17. The van der Waals surface area contributed by atoms with E-state index in [-0.39, 0.29) is 22.3 Å². The number of fused-ring (bicyclic) bond motifs is 2. The number of nitrogens with one attached hydrogen (secondary N) is 1. The van der Waals surface area contributed by atoms with Crippen LogP contribution in [-0.4, -0.2) is 33.6 Å². The molecule has 38 heavy (non-hydrogen) atoms. The molecule has 0 unspecified atom stereocenters. The molecule has 0 spiro atoms. The van der Waals surface area contributed by atoms with Gasteiger partial charge in [0.05, 0.1) is 24.6 Å². The van der Waals surface area contributed by atoms with Gasteiger partial charge in [-0.25, -0.2) is 23.1 Å². The number of thiophene rings is 1. The van der Waals surface area contributed by atoms with Crippen molar-refractivity contribution < 1.29 is 23.1 Å². The Balaban J connectivity index is 1.55. The molecule has 0 bridgehead atoms. The van der Waals surface area contributed by atoms with Crippen molar-refractivity contribution in [3.63, 3.8) is 0 Å². The predicted molar refractivity (Wildman–Crippen MR) is 142 cm³/mol. The third-order valence-electron chi connectivity index (χ3n) is 7.14. The topological polar surface area (TPSA) is 85.6 Å². The third kappa shape index (κ3) is 4.69. The van der Waals surface area contributed by atoms with E-state index in [1.54, 1.807) is 24.3 Å². The molecule has 1 aromatic carbocycles. The van der Waals surface area contributed by atoms with E-state index in [1.165, 1.54) is 30.7 Å². The van der Waals surface area contributed by atoms with Gasteiger partial charge < -0.3 is 10.1 Å². The van der Waals surface area contributed by atoms with E-state index in [2.05, 4.69) is 36.2 Å². The number of hydrogen-bond donors (Lipinski definition) is 1. The predicted octanol–water partition coefficient (Wildman–Crippen LogP) is 6.59. The van der Waals surface area contributed by atoms with Crippen molar-refractivity contribution in [3.05, 3.63) is 69.9 Å². The molecule has 10 heteroatoms. The molecule has 3 heterocycles. The van der Waals surface area contributed by atoms with E-state index in [1.807, 2.05) is 6.07 Å². The third-order valence-corrected chi connectivity index (χ3v) is 8.31. The Bertz CT molecular complexity index is 1520. The molecule has 1 atom stereocenters. The number of aromatic nitrogens is 3. The maximum Gasteiger partial charge on any atom is 0.341 e. The van der Waals surface area contributed by atoms with Gasteiger partial charge in [-0.15, -0.1) is 11.3 Å². The summed E-state index contributed by atoms with van der Waals surface area (Å²) >= 11 is 1.36. The van der Waals surface area contributed by atoms with Gasteiger partial charge >= 0.3 is 5.97 Å². The molecule has 1 aliphatic rings. The minimum Gasteiger partial charge on any atom is -0.465 e. The molecule has 7 nitrogen and oxygen atoms in total. The quantitative estimate of drug-likeness (QED) is 0.290. The number of benzene rings is 1. The van der Waals surface area contributed by atoms with E-state index in [9.17, 15) is 18.4 Å². The summed E-state index contributed by atoms with van der Waals surface area (Å²) in [5.41, 5.74) is 1.97. The molecule has 1 aliphatic carbocycles. The van der Waals surface area contributed by atoms with E-state index in [4.69, 9.17) is 4.74 Å². The fourth-order valence-electron chi connectivity index (χ4n) is 4.96. The van der Waals surface area contributed by atoms with Crippen LogP contribution in [-0.2, 0) is 17.6 Å². The van der Waals surface area contributed by atoms with Crippen LogP contribution in [0.1, 0.15) is 70.5 Å². The van der Waals surface area contributed by atoms with Crippen LogP contribution >= 0.6 is 11.3 Å². The monoisotopic (exact) mass is 538 g/mol. The van der Waals surface area contributed by atoms with Gasteiger partial charge in [-0.05, 0) is 42.2 Å². The SMILES string of the molecule is COC(=O)c1c(NC(=O)c2cnn3c(C(F)F)cc(-c4ccccc4)nc23)sc2c1CC[C@@H](C(C)(C)C)C2. The number of halogens is 2. The summed E-state index contributed by atoms with van der Waals surface area (Å²) in [5.74, 6) is -0.666. The van der Waals surface area contributed by atoms with E-state index in [0.717, 1.165) is 27.8 Å². The number of amides is 1. The second kappa shape index (κ2) is 9.90. The highest BCUT2D eigenvalue weighted by atomic mass is 32.1. The highest BCUT2D eigenvalue weighted by Gasteiger charge is 2.34. The van der Waals surface area contributed by atoms with Crippen LogP contribution in [0.25, 0.3) is 16.9 Å². The lowest BCUT2D eigenvalue weighted by molar-refractivity contribution is 0.0600. The molecule has 0 fully saturated rings. The number of anilines is 1. The van der Waals surface area contributed by atoms with Gasteiger partial charge in [0.15, 0.2) is 5.65 Å². The Hall–Kier alpha value is -3.66. The second-order valence-corrected chi connectivity index (χ2v) is 11.6. The first-order chi connectivity index (χ1) is 18.1. The molecular formula is C28H28F2N4O3S. The van der Waals surface area contributed by atoms with Crippen molar-refractivity contribution >= 4 is 33.9 Å². The lowest BCUT2D eigenvalue weighted by Crippen LogP contribution is -2.26. The van der Waals surface area contributed by atoms with Crippen LogP contribution in [0.4, 0.5) is 13.8 Å². The molecule has 0 saturated carbocycles. The van der Waals surface area contributed by atoms with E-state index < -0.39 is 18.3 Å². The zero-order chi connectivity index (χ0) is 27.2. The molecule has 0 aliphatic heterocycles. The second-order valence-electron chi connectivity index (χ2n) is 10.5. The maximum absolute atomic E-state index is 13.9. The minimum atomic E-state index is -2.83. The van der Waals surface area contributed by atoms with Crippen molar-refractivity contribution in [1.82, 2.24) is 14.6 Å². The fourth-order valence-corrected chi connectivity index (χ4v) is 6.27. The molecule has 0 radical (unpaired) electrons. The highest BCUT2D eigenvalue weighted by Crippen LogP contribution is 2.44. The molecule has 5 rings (SSSR count). The van der Waals surface area contributed by atoms with E-state index in [0.29, 0.717) is 34.2 Å². The van der Waals surface area contributed by atoms with Crippen molar-refractivity contribution in [2.24, 2.45) is 11.3 Å². The Labute approximate surface area is 222 Å². The number of ether oxygens (including phenoxy) is 1. The van der Waals surface area contributed by atoms with Crippen molar-refractivity contribution in [3.8, 4) is 11.3 Å². The number of rotatable bonds is 5. The lowest BCUT2D eigenvalue weighted by atomic mass is 9.72. The zero-order valence-corrected chi connectivity index (χ0v) is 22.4. The van der Waals surface area contributed by atoms with Crippen molar-refractivity contribution in [1.29, 1.82) is 0 Å². The fraction of sp³-hybridized carbons (Fsp3) is 0.357. The Morgan fingerprint density at radius 1 is 1.21 bits per heavy atom. The summed E-state index contributed by atoms with van der Waals surface area (Å²) < 4.78 is 33.9.